The summed E-state index contributed by atoms with van der Waals surface area (Å²) in [6, 6.07) is 0. The first-order valence-electron chi connectivity index (χ1n) is 5.14. The number of hydrogen-bond acceptors (Lipinski definition) is 3. The Morgan fingerprint density at radius 1 is 1.43 bits per heavy atom. The fourth-order valence-electron chi connectivity index (χ4n) is 1.96. The fourth-order valence-corrected chi connectivity index (χ4v) is 3.31. The Hall–Kier alpha value is -0.640. The second-order valence-corrected chi connectivity index (χ2v) is 5.24. The first-order chi connectivity index (χ1) is 6.68. The van der Waals surface area contributed by atoms with Crippen LogP contribution in [0.1, 0.15) is 31.4 Å². The van der Waals surface area contributed by atoms with Gasteiger partial charge in [0, 0.05) is 12.3 Å². The lowest BCUT2D eigenvalue weighted by molar-refractivity contribution is 0.690. The standard InChI is InChI=1S/C10H17N3S/c1-7-9(11)10(13(2)12-7)14-8-5-3-4-6-8/h8H,3-6,11H2,1-2H3. The van der Waals surface area contributed by atoms with Crippen LogP contribution in [0.5, 0.6) is 0 Å². The van der Waals surface area contributed by atoms with Gasteiger partial charge in [-0.25, -0.2) is 0 Å². The smallest absolute Gasteiger partial charge is 0.117 e. The molecule has 0 bridgehead atoms. The molecule has 4 heteroatoms. The number of aromatic nitrogens is 2. The number of hydrogen-bond donors (Lipinski definition) is 1. The molecule has 1 aliphatic carbocycles. The van der Waals surface area contributed by atoms with E-state index in [9.17, 15) is 0 Å². The number of thioether (sulfide) groups is 1. The highest BCUT2D eigenvalue weighted by atomic mass is 32.2. The summed E-state index contributed by atoms with van der Waals surface area (Å²) in [6.45, 7) is 1.97. The van der Waals surface area contributed by atoms with Crippen molar-refractivity contribution < 1.29 is 0 Å². The molecular formula is C10H17N3S. The van der Waals surface area contributed by atoms with Crippen LogP contribution >= 0.6 is 11.8 Å². The summed E-state index contributed by atoms with van der Waals surface area (Å²) < 4.78 is 1.91. The second kappa shape index (κ2) is 3.85. The molecule has 0 spiro atoms. The second-order valence-electron chi connectivity index (χ2n) is 3.95. The lowest BCUT2D eigenvalue weighted by atomic mass is 10.4. The average Bonchev–Trinajstić information content (AvgIpc) is 2.71. The molecule has 1 fully saturated rings. The van der Waals surface area contributed by atoms with Crippen molar-refractivity contribution in [3.8, 4) is 0 Å². The molecular weight excluding hydrogens is 194 g/mol. The van der Waals surface area contributed by atoms with Crippen LogP contribution in [-0.4, -0.2) is 15.0 Å². The molecule has 1 saturated carbocycles. The molecule has 1 aromatic rings. The molecule has 78 valence electrons. The number of anilines is 1. The highest BCUT2D eigenvalue weighted by molar-refractivity contribution is 8.00. The Bertz CT molecular complexity index is 326. The molecule has 0 unspecified atom stereocenters. The zero-order valence-corrected chi connectivity index (χ0v) is 9.60. The SMILES string of the molecule is Cc1nn(C)c(SC2CCCC2)c1N. The molecule has 2 N–H and O–H groups in total. The molecule has 3 nitrogen and oxygen atoms in total. The van der Waals surface area contributed by atoms with Gasteiger partial charge in [0.05, 0.1) is 11.4 Å². The van der Waals surface area contributed by atoms with Crippen molar-refractivity contribution in [2.24, 2.45) is 7.05 Å². The van der Waals surface area contributed by atoms with E-state index in [1.807, 2.05) is 30.4 Å². The summed E-state index contributed by atoms with van der Waals surface area (Å²) in [7, 11) is 1.97. The van der Waals surface area contributed by atoms with Crippen LogP contribution in [0.15, 0.2) is 5.03 Å². The van der Waals surface area contributed by atoms with Gasteiger partial charge in [0.25, 0.3) is 0 Å². The van der Waals surface area contributed by atoms with Gasteiger partial charge in [-0.05, 0) is 19.8 Å². The lowest BCUT2D eigenvalue weighted by Gasteiger charge is -2.09. The van der Waals surface area contributed by atoms with E-state index in [1.54, 1.807) is 0 Å². The minimum atomic E-state index is 0.757. The van der Waals surface area contributed by atoms with Gasteiger partial charge in [-0.1, -0.05) is 12.8 Å². The summed E-state index contributed by atoms with van der Waals surface area (Å²) >= 11 is 1.90. The maximum Gasteiger partial charge on any atom is 0.117 e. The van der Waals surface area contributed by atoms with Crippen LogP contribution in [0.4, 0.5) is 5.69 Å². The predicted octanol–water partition coefficient (Wildman–Crippen LogP) is 2.35. The molecule has 1 aliphatic rings. The van der Waals surface area contributed by atoms with Crippen molar-refractivity contribution in [3.05, 3.63) is 5.69 Å². The van der Waals surface area contributed by atoms with Crippen molar-refractivity contribution in [2.45, 2.75) is 42.9 Å². The Morgan fingerprint density at radius 2 is 2.07 bits per heavy atom. The maximum absolute atomic E-state index is 5.98. The molecule has 0 saturated heterocycles. The Balaban J connectivity index is 2.14. The quantitative estimate of drug-likeness (QED) is 0.816. The molecule has 0 radical (unpaired) electrons. The van der Waals surface area contributed by atoms with Gasteiger partial charge in [0.15, 0.2) is 0 Å². The summed E-state index contributed by atoms with van der Waals surface area (Å²) in [4.78, 5) is 0. The van der Waals surface area contributed by atoms with E-state index < -0.39 is 0 Å². The van der Waals surface area contributed by atoms with E-state index in [2.05, 4.69) is 5.10 Å². The summed E-state index contributed by atoms with van der Waals surface area (Å²) in [6.07, 6.45) is 5.39. The molecule has 0 amide bonds. The zero-order valence-electron chi connectivity index (χ0n) is 8.79. The predicted molar refractivity (Wildman–Crippen MR) is 60.5 cm³/mol. The lowest BCUT2D eigenvalue weighted by Crippen LogP contribution is -2.00. The largest absolute Gasteiger partial charge is 0.395 e. The van der Waals surface area contributed by atoms with Crippen molar-refractivity contribution in [1.29, 1.82) is 0 Å². The van der Waals surface area contributed by atoms with Crippen molar-refractivity contribution in [1.82, 2.24) is 9.78 Å². The van der Waals surface area contributed by atoms with Crippen LogP contribution in [0.2, 0.25) is 0 Å². The van der Waals surface area contributed by atoms with Gasteiger partial charge in [-0.2, -0.15) is 5.10 Å². The number of rotatable bonds is 2. The topological polar surface area (TPSA) is 43.8 Å². The highest BCUT2D eigenvalue weighted by Gasteiger charge is 2.20. The van der Waals surface area contributed by atoms with Gasteiger partial charge in [-0.15, -0.1) is 11.8 Å². The Kier molecular flexibility index (Phi) is 2.72. The minimum absolute atomic E-state index is 0.757. The van der Waals surface area contributed by atoms with E-state index in [1.165, 1.54) is 25.7 Å². The molecule has 0 aromatic carbocycles. The number of nitrogens with two attached hydrogens (primary N) is 1. The summed E-state index contributed by atoms with van der Waals surface area (Å²) in [5.41, 5.74) is 7.79. The van der Waals surface area contributed by atoms with Gasteiger partial charge in [-0.3, -0.25) is 4.68 Å². The van der Waals surface area contributed by atoms with E-state index in [0.717, 1.165) is 21.7 Å². The average molecular weight is 211 g/mol. The van der Waals surface area contributed by atoms with Gasteiger partial charge in [0.2, 0.25) is 0 Å². The molecule has 14 heavy (non-hydrogen) atoms. The van der Waals surface area contributed by atoms with E-state index in [0.29, 0.717) is 0 Å². The highest BCUT2D eigenvalue weighted by Crippen LogP contribution is 2.37. The molecule has 1 heterocycles. The number of nitrogen functional groups attached to an aromatic ring is 1. The first kappa shape index (κ1) is 9.90. The van der Waals surface area contributed by atoms with Crippen molar-refractivity contribution in [3.63, 3.8) is 0 Å². The normalized spacial score (nSPS) is 17.9. The number of aryl methyl sites for hydroxylation is 2. The Morgan fingerprint density at radius 3 is 2.57 bits per heavy atom. The summed E-state index contributed by atoms with van der Waals surface area (Å²) in [5.74, 6) is 0. The maximum atomic E-state index is 5.98. The van der Waals surface area contributed by atoms with E-state index >= 15 is 0 Å². The molecule has 2 rings (SSSR count). The molecule has 0 aliphatic heterocycles. The van der Waals surface area contributed by atoms with Gasteiger partial charge >= 0.3 is 0 Å². The monoisotopic (exact) mass is 211 g/mol. The zero-order chi connectivity index (χ0) is 10.1. The molecule has 0 atom stereocenters. The third-order valence-corrected chi connectivity index (χ3v) is 4.31. The van der Waals surface area contributed by atoms with E-state index in [4.69, 9.17) is 5.73 Å². The van der Waals surface area contributed by atoms with Gasteiger partial charge < -0.3 is 5.73 Å². The van der Waals surface area contributed by atoms with Crippen molar-refractivity contribution >= 4 is 17.4 Å². The van der Waals surface area contributed by atoms with Crippen LogP contribution in [0.25, 0.3) is 0 Å². The third kappa shape index (κ3) is 1.75. The van der Waals surface area contributed by atoms with Crippen LogP contribution in [0, 0.1) is 6.92 Å². The van der Waals surface area contributed by atoms with Crippen LogP contribution in [0.3, 0.4) is 0 Å². The Labute approximate surface area is 89.1 Å². The first-order valence-corrected chi connectivity index (χ1v) is 6.02. The fraction of sp³-hybridized carbons (Fsp3) is 0.700. The summed E-state index contributed by atoms with van der Waals surface area (Å²) in [5, 5.41) is 6.23. The third-order valence-electron chi connectivity index (χ3n) is 2.79. The van der Waals surface area contributed by atoms with Crippen LogP contribution < -0.4 is 5.73 Å². The van der Waals surface area contributed by atoms with Crippen molar-refractivity contribution in [2.75, 3.05) is 5.73 Å². The van der Waals surface area contributed by atoms with E-state index in [-0.39, 0.29) is 0 Å². The van der Waals surface area contributed by atoms with Crippen LogP contribution in [-0.2, 0) is 7.05 Å². The number of nitrogens with zero attached hydrogens (tertiary/aromatic N) is 2. The van der Waals surface area contributed by atoms with Gasteiger partial charge in [0.1, 0.15) is 5.03 Å². The molecule has 1 aromatic heterocycles. The minimum Gasteiger partial charge on any atom is -0.395 e.